The summed E-state index contributed by atoms with van der Waals surface area (Å²) >= 11 is 1.66. The van der Waals surface area contributed by atoms with Crippen molar-refractivity contribution in [1.29, 1.82) is 0 Å². The van der Waals surface area contributed by atoms with E-state index in [9.17, 15) is 0 Å². The van der Waals surface area contributed by atoms with E-state index in [1.807, 2.05) is 6.07 Å². The lowest BCUT2D eigenvalue weighted by Crippen LogP contribution is -2.10. The predicted octanol–water partition coefficient (Wildman–Crippen LogP) is 3.33. The number of thiophene rings is 1. The quantitative estimate of drug-likeness (QED) is 0.670. The molecule has 0 atom stereocenters. The summed E-state index contributed by atoms with van der Waals surface area (Å²) < 4.78 is 5.98. The lowest BCUT2D eigenvalue weighted by Gasteiger charge is -2.14. The Morgan fingerprint density at radius 1 is 1.22 bits per heavy atom. The standard InChI is InChI=1S/C15H20O2S/c16-11-5-8-14-9-10-15(18-14)12-17-13-6-3-1-2-4-7-13/h9-10,13,16H,1-4,6-7,11-12H2. The Hall–Kier alpha value is -0.820. The van der Waals surface area contributed by atoms with Crippen LogP contribution in [-0.2, 0) is 11.3 Å². The lowest BCUT2D eigenvalue weighted by atomic mass is 10.1. The monoisotopic (exact) mass is 264 g/mol. The second-order valence-electron chi connectivity index (χ2n) is 4.65. The van der Waals surface area contributed by atoms with Gasteiger partial charge >= 0.3 is 0 Å². The van der Waals surface area contributed by atoms with Crippen LogP contribution in [0.2, 0.25) is 0 Å². The van der Waals surface area contributed by atoms with Crippen molar-refractivity contribution in [2.75, 3.05) is 6.61 Å². The molecule has 1 aliphatic rings. The first-order valence-electron chi connectivity index (χ1n) is 6.68. The fraction of sp³-hybridized carbons (Fsp3) is 0.600. The first kappa shape index (κ1) is 13.6. The minimum atomic E-state index is -0.0776. The normalized spacial score (nSPS) is 16.9. The molecule has 1 aromatic rings. The molecule has 1 fully saturated rings. The summed E-state index contributed by atoms with van der Waals surface area (Å²) in [7, 11) is 0. The van der Waals surface area contributed by atoms with E-state index in [0.29, 0.717) is 12.7 Å². The van der Waals surface area contributed by atoms with E-state index in [1.165, 1.54) is 43.4 Å². The van der Waals surface area contributed by atoms with Crippen LogP contribution >= 0.6 is 11.3 Å². The number of ether oxygens (including phenoxy) is 1. The van der Waals surface area contributed by atoms with Crippen molar-refractivity contribution in [3.63, 3.8) is 0 Å². The predicted molar refractivity (Wildman–Crippen MR) is 74.6 cm³/mol. The molecule has 0 unspecified atom stereocenters. The average molecular weight is 264 g/mol. The molecule has 2 nitrogen and oxygen atoms in total. The SMILES string of the molecule is OCC#Cc1ccc(COC2CCCCCC2)s1. The van der Waals surface area contributed by atoms with Crippen molar-refractivity contribution in [1.82, 2.24) is 0 Å². The highest BCUT2D eigenvalue weighted by atomic mass is 32.1. The van der Waals surface area contributed by atoms with Crippen LogP contribution in [0.3, 0.4) is 0 Å². The Kier molecular flexibility index (Phi) is 5.73. The third-order valence-corrected chi connectivity index (χ3v) is 4.19. The molecule has 0 saturated heterocycles. The van der Waals surface area contributed by atoms with Crippen LogP contribution in [0.25, 0.3) is 0 Å². The molecular weight excluding hydrogens is 244 g/mol. The summed E-state index contributed by atoms with van der Waals surface area (Å²) in [5.74, 6) is 5.59. The van der Waals surface area contributed by atoms with Crippen molar-refractivity contribution < 1.29 is 9.84 Å². The molecule has 18 heavy (non-hydrogen) atoms. The van der Waals surface area contributed by atoms with Crippen molar-refractivity contribution >= 4 is 11.3 Å². The zero-order valence-corrected chi connectivity index (χ0v) is 11.5. The Morgan fingerprint density at radius 2 is 2.00 bits per heavy atom. The molecule has 0 aromatic carbocycles. The summed E-state index contributed by atoms with van der Waals surface area (Å²) in [6.07, 6.45) is 8.21. The number of hydrogen-bond acceptors (Lipinski definition) is 3. The van der Waals surface area contributed by atoms with Gasteiger partial charge in [-0.3, -0.25) is 0 Å². The van der Waals surface area contributed by atoms with Gasteiger partial charge in [0.05, 0.1) is 17.6 Å². The van der Waals surface area contributed by atoms with Gasteiger partial charge in [-0.2, -0.15) is 0 Å². The van der Waals surface area contributed by atoms with Crippen LogP contribution in [0.4, 0.5) is 0 Å². The smallest absolute Gasteiger partial charge is 0.104 e. The van der Waals surface area contributed by atoms with Gasteiger partial charge in [0.1, 0.15) is 6.61 Å². The van der Waals surface area contributed by atoms with Crippen molar-refractivity contribution in [2.24, 2.45) is 0 Å². The van der Waals surface area contributed by atoms with Gasteiger partial charge in [-0.1, -0.05) is 37.5 Å². The largest absolute Gasteiger partial charge is 0.384 e. The maximum atomic E-state index is 8.64. The van der Waals surface area contributed by atoms with E-state index in [-0.39, 0.29) is 6.61 Å². The van der Waals surface area contributed by atoms with E-state index in [0.717, 1.165) is 4.88 Å². The third kappa shape index (κ3) is 4.45. The molecule has 0 amide bonds. The third-order valence-electron chi connectivity index (χ3n) is 3.22. The van der Waals surface area contributed by atoms with Gasteiger partial charge < -0.3 is 9.84 Å². The lowest BCUT2D eigenvalue weighted by molar-refractivity contribution is 0.0324. The van der Waals surface area contributed by atoms with Crippen molar-refractivity contribution in [3.8, 4) is 11.8 Å². The second-order valence-corrected chi connectivity index (χ2v) is 5.82. The number of rotatable bonds is 3. The fourth-order valence-electron chi connectivity index (χ4n) is 2.26. The van der Waals surface area contributed by atoms with Crippen LogP contribution in [0, 0.1) is 11.8 Å². The number of hydrogen-bond donors (Lipinski definition) is 1. The molecule has 0 spiro atoms. The summed E-state index contributed by atoms with van der Waals surface area (Å²) in [5.41, 5.74) is 0. The summed E-state index contributed by atoms with van der Waals surface area (Å²) in [4.78, 5) is 2.23. The van der Waals surface area contributed by atoms with E-state index in [1.54, 1.807) is 11.3 Å². The second kappa shape index (κ2) is 7.58. The molecule has 1 N–H and O–H groups in total. The molecule has 2 rings (SSSR count). The maximum absolute atomic E-state index is 8.64. The van der Waals surface area contributed by atoms with E-state index in [4.69, 9.17) is 9.84 Å². The molecule has 98 valence electrons. The zero-order valence-electron chi connectivity index (χ0n) is 10.7. The number of aliphatic hydroxyl groups excluding tert-OH is 1. The molecule has 1 aliphatic carbocycles. The fourth-order valence-corrected chi connectivity index (χ4v) is 3.06. The first-order chi connectivity index (χ1) is 8.88. The zero-order chi connectivity index (χ0) is 12.6. The Bertz CT molecular complexity index is 406. The van der Waals surface area contributed by atoms with E-state index in [2.05, 4.69) is 17.9 Å². The highest BCUT2D eigenvalue weighted by molar-refractivity contribution is 7.12. The summed E-state index contributed by atoms with van der Waals surface area (Å²) in [5, 5.41) is 8.64. The highest BCUT2D eigenvalue weighted by Gasteiger charge is 2.12. The highest BCUT2D eigenvalue weighted by Crippen LogP contribution is 2.22. The average Bonchev–Trinajstić information content (AvgIpc) is 2.68. The van der Waals surface area contributed by atoms with Gasteiger partial charge in [-0.25, -0.2) is 0 Å². The van der Waals surface area contributed by atoms with E-state index >= 15 is 0 Å². The molecule has 1 heterocycles. The topological polar surface area (TPSA) is 29.5 Å². The maximum Gasteiger partial charge on any atom is 0.104 e. The van der Waals surface area contributed by atoms with Crippen LogP contribution in [0.5, 0.6) is 0 Å². The Labute approximate surface area is 113 Å². The van der Waals surface area contributed by atoms with Gasteiger partial charge in [0.25, 0.3) is 0 Å². The molecule has 1 saturated carbocycles. The summed E-state index contributed by atoms with van der Waals surface area (Å²) in [6, 6.07) is 4.07. The van der Waals surface area contributed by atoms with Crippen LogP contribution in [0.1, 0.15) is 48.3 Å². The molecule has 0 bridgehead atoms. The van der Waals surface area contributed by atoms with Gasteiger partial charge in [0.2, 0.25) is 0 Å². The Balaban J connectivity index is 1.80. The molecule has 0 radical (unpaired) electrons. The number of aliphatic hydroxyl groups is 1. The molecule has 1 aromatic heterocycles. The van der Waals surface area contributed by atoms with E-state index < -0.39 is 0 Å². The van der Waals surface area contributed by atoms with Crippen molar-refractivity contribution in [2.45, 2.75) is 51.2 Å². The van der Waals surface area contributed by atoms with Crippen molar-refractivity contribution in [3.05, 3.63) is 21.9 Å². The van der Waals surface area contributed by atoms with Crippen LogP contribution in [0.15, 0.2) is 12.1 Å². The molecular formula is C15H20O2S. The van der Waals surface area contributed by atoms with Gasteiger partial charge in [0, 0.05) is 4.88 Å². The molecule has 0 aliphatic heterocycles. The minimum absolute atomic E-state index is 0.0776. The summed E-state index contributed by atoms with van der Waals surface area (Å²) in [6.45, 7) is 0.627. The first-order valence-corrected chi connectivity index (χ1v) is 7.50. The minimum Gasteiger partial charge on any atom is -0.384 e. The Morgan fingerprint density at radius 3 is 2.72 bits per heavy atom. The van der Waals surface area contributed by atoms with Gasteiger partial charge in [0.15, 0.2) is 0 Å². The van der Waals surface area contributed by atoms with Gasteiger partial charge in [-0.15, -0.1) is 11.3 Å². The molecule has 3 heteroatoms. The van der Waals surface area contributed by atoms with Crippen LogP contribution in [-0.4, -0.2) is 17.8 Å². The van der Waals surface area contributed by atoms with Gasteiger partial charge in [-0.05, 0) is 25.0 Å². The van der Waals surface area contributed by atoms with Crippen LogP contribution < -0.4 is 0 Å².